The number of rotatable bonds is 6. The molecule has 23 heavy (non-hydrogen) atoms. The number of benzene rings is 2. The Labute approximate surface area is 145 Å². The maximum absolute atomic E-state index is 8.53. The standard InChI is InChI=1S/C16H18O.C4H9ClO/c1-3-4-14-7-11-16(12-8-14)17-15-9-5-13(2)6-10-15;1-2-4(6)3-5/h5-12H,3-4H2,1-2H3;4,6H,2-3H2,1H3. The highest BCUT2D eigenvalue weighted by molar-refractivity contribution is 6.18. The molecular weight excluding hydrogens is 308 g/mol. The van der Waals surface area contributed by atoms with E-state index in [-0.39, 0.29) is 6.10 Å². The molecule has 126 valence electrons. The van der Waals surface area contributed by atoms with Gasteiger partial charge in [0, 0.05) is 5.88 Å². The lowest BCUT2D eigenvalue weighted by atomic mass is 10.1. The van der Waals surface area contributed by atoms with Gasteiger partial charge in [-0.15, -0.1) is 11.6 Å². The highest BCUT2D eigenvalue weighted by atomic mass is 35.5. The molecule has 0 amide bonds. The van der Waals surface area contributed by atoms with Crippen molar-refractivity contribution in [3.63, 3.8) is 0 Å². The molecule has 2 rings (SSSR count). The van der Waals surface area contributed by atoms with E-state index in [0.29, 0.717) is 5.88 Å². The van der Waals surface area contributed by atoms with Crippen LogP contribution in [0.4, 0.5) is 0 Å². The fourth-order valence-corrected chi connectivity index (χ4v) is 2.08. The Morgan fingerprint density at radius 1 is 0.957 bits per heavy atom. The van der Waals surface area contributed by atoms with Crippen LogP contribution in [0.15, 0.2) is 48.5 Å². The first-order valence-electron chi connectivity index (χ1n) is 8.16. The molecule has 0 aliphatic heterocycles. The van der Waals surface area contributed by atoms with Crippen LogP contribution in [0.2, 0.25) is 0 Å². The summed E-state index contributed by atoms with van der Waals surface area (Å²) in [6, 6.07) is 16.4. The molecule has 1 unspecified atom stereocenters. The smallest absolute Gasteiger partial charge is 0.127 e. The number of halogens is 1. The topological polar surface area (TPSA) is 29.5 Å². The lowest BCUT2D eigenvalue weighted by molar-refractivity contribution is 0.194. The van der Waals surface area contributed by atoms with Gasteiger partial charge in [-0.2, -0.15) is 0 Å². The summed E-state index contributed by atoms with van der Waals surface area (Å²) in [5.74, 6) is 2.14. The van der Waals surface area contributed by atoms with Crippen LogP contribution in [0.3, 0.4) is 0 Å². The Morgan fingerprint density at radius 2 is 1.48 bits per heavy atom. The molecule has 2 aromatic carbocycles. The second-order valence-corrected chi connectivity index (χ2v) is 5.83. The molecule has 1 N–H and O–H groups in total. The quantitative estimate of drug-likeness (QED) is 0.683. The zero-order chi connectivity index (χ0) is 17.1. The number of aliphatic hydroxyl groups excluding tert-OH is 1. The fraction of sp³-hybridized carbons (Fsp3) is 0.400. The number of hydrogen-bond acceptors (Lipinski definition) is 2. The minimum atomic E-state index is -0.299. The van der Waals surface area contributed by atoms with Crippen LogP contribution in [0, 0.1) is 6.92 Å². The normalized spacial score (nSPS) is 11.3. The van der Waals surface area contributed by atoms with Crippen LogP contribution in [0.1, 0.15) is 37.8 Å². The maximum Gasteiger partial charge on any atom is 0.127 e. The van der Waals surface area contributed by atoms with Gasteiger partial charge < -0.3 is 9.84 Å². The van der Waals surface area contributed by atoms with E-state index >= 15 is 0 Å². The van der Waals surface area contributed by atoms with Crippen molar-refractivity contribution in [1.29, 1.82) is 0 Å². The molecule has 0 aliphatic carbocycles. The van der Waals surface area contributed by atoms with E-state index in [0.717, 1.165) is 24.3 Å². The van der Waals surface area contributed by atoms with Gasteiger partial charge in [-0.05, 0) is 49.6 Å². The van der Waals surface area contributed by atoms with Gasteiger partial charge in [0.05, 0.1) is 6.10 Å². The van der Waals surface area contributed by atoms with Crippen LogP contribution < -0.4 is 4.74 Å². The van der Waals surface area contributed by atoms with Gasteiger partial charge in [0.1, 0.15) is 11.5 Å². The van der Waals surface area contributed by atoms with Crippen molar-refractivity contribution in [1.82, 2.24) is 0 Å². The molecular formula is C20H27ClO2. The summed E-state index contributed by atoms with van der Waals surface area (Å²) in [6.45, 7) is 6.16. The number of alkyl halides is 1. The Hall–Kier alpha value is -1.51. The van der Waals surface area contributed by atoms with Crippen molar-refractivity contribution in [3.05, 3.63) is 59.7 Å². The Bertz CT molecular complexity index is 531. The molecule has 0 aromatic heterocycles. The van der Waals surface area contributed by atoms with Gasteiger partial charge in [0.25, 0.3) is 0 Å². The van der Waals surface area contributed by atoms with Gasteiger partial charge in [0.15, 0.2) is 0 Å². The summed E-state index contributed by atoms with van der Waals surface area (Å²) in [6.07, 6.45) is 2.76. The van der Waals surface area contributed by atoms with E-state index in [4.69, 9.17) is 21.4 Å². The highest BCUT2D eigenvalue weighted by Crippen LogP contribution is 2.22. The second kappa shape index (κ2) is 11.1. The number of aliphatic hydroxyl groups is 1. The van der Waals surface area contributed by atoms with Gasteiger partial charge in [-0.3, -0.25) is 0 Å². The molecule has 2 nitrogen and oxygen atoms in total. The lowest BCUT2D eigenvalue weighted by Gasteiger charge is -2.06. The summed E-state index contributed by atoms with van der Waals surface area (Å²) in [5, 5.41) is 8.53. The molecule has 0 heterocycles. The molecule has 0 bridgehead atoms. The first kappa shape index (κ1) is 19.5. The number of ether oxygens (including phenoxy) is 1. The minimum absolute atomic E-state index is 0.299. The molecule has 0 saturated carbocycles. The van der Waals surface area contributed by atoms with Crippen molar-refractivity contribution >= 4 is 11.6 Å². The van der Waals surface area contributed by atoms with Crippen molar-refractivity contribution < 1.29 is 9.84 Å². The molecule has 0 fully saturated rings. The predicted octanol–water partition coefficient (Wildman–Crippen LogP) is 5.74. The zero-order valence-electron chi connectivity index (χ0n) is 14.3. The van der Waals surface area contributed by atoms with Gasteiger partial charge >= 0.3 is 0 Å². The monoisotopic (exact) mass is 334 g/mol. The van der Waals surface area contributed by atoms with E-state index in [9.17, 15) is 0 Å². The van der Waals surface area contributed by atoms with E-state index in [1.807, 2.05) is 31.2 Å². The van der Waals surface area contributed by atoms with Gasteiger partial charge in [0.2, 0.25) is 0 Å². The van der Waals surface area contributed by atoms with Crippen molar-refractivity contribution in [2.24, 2.45) is 0 Å². The predicted molar refractivity (Wildman–Crippen MR) is 98.7 cm³/mol. The maximum atomic E-state index is 8.53. The Morgan fingerprint density at radius 3 is 1.87 bits per heavy atom. The summed E-state index contributed by atoms with van der Waals surface area (Å²) >= 11 is 5.20. The first-order valence-corrected chi connectivity index (χ1v) is 8.70. The van der Waals surface area contributed by atoms with E-state index in [1.54, 1.807) is 0 Å². The molecule has 3 heteroatoms. The first-order chi connectivity index (χ1) is 11.1. The van der Waals surface area contributed by atoms with Crippen LogP contribution in [-0.2, 0) is 6.42 Å². The number of aryl methyl sites for hydroxylation is 2. The van der Waals surface area contributed by atoms with E-state index in [2.05, 4.69) is 38.1 Å². The average molecular weight is 335 g/mol. The molecule has 0 aliphatic rings. The van der Waals surface area contributed by atoms with Crippen LogP contribution in [-0.4, -0.2) is 17.1 Å². The Balaban J connectivity index is 0.000000379. The summed E-state index contributed by atoms with van der Waals surface area (Å²) < 4.78 is 5.77. The summed E-state index contributed by atoms with van der Waals surface area (Å²) in [7, 11) is 0. The molecule has 0 spiro atoms. The van der Waals surface area contributed by atoms with E-state index < -0.39 is 0 Å². The lowest BCUT2D eigenvalue weighted by Crippen LogP contribution is -2.04. The van der Waals surface area contributed by atoms with Crippen molar-refractivity contribution in [2.45, 2.75) is 46.1 Å². The highest BCUT2D eigenvalue weighted by Gasteiger charge is 1.97. The van der Waals surface area contributed by atoms with Crippen LogP contribution in [0.5, 0.6) is 11.5 Å². The van der Waals surface area contributed by atoms with E-state index in [1.165, 1.54) is 17.5 Å². The molecule has 2 aromatic rings. The van der Waals surface area contributed by atoms with Crippen LogP contribution in [0.25, 0.3) is 0 Å². The third kappa shape index (κ3) is 8.06. The SMILES string of the molecule is CCC(O)CCl.CCCc1ccc(Oc2ccc(C)cc2)cc1. The second-order valence-electron chi connectivity index (χ2n) is 5.53. The molecule has 0 saturated heterocycles. The van der Waals surface area contributed by atoms with Gasteiger partial charge in [-0.1, -0.05) is 50.1 Å². The third-order valence-corrected chi connectivity index (χ3v) is 3.72. The number of hydrogen-bond donors (Lipinski definition) is 1. The minimum Gasteiger partial charge on any atom is -0.457 e. The van der Waals surface area contributed by atoms with Crippen molar-refractivity contribution in [3.8, 4) is 11.5 Å². The van der Waals surface area contributed by atoms with Crippen LogP contribution >= 0.6 is 11.6 Å². The summed E-state index contributed by atoms with van der Waals surface area (Å²) in [5.41, 5.74) is 2.61. The summed E-state index contributed by atoms with van der Waals surface area (Å²) in [4.78, 5) is 0. The molecule has 1 atom stereocenters. The fourth-order valence-electron chi connectivity index (χ4n) is 1.86. The zero-order valence-corrected chi connectivity index (χ0v) is 15.0. The third-order valence-electron chi connectivity index (χ3n) is 3.37. The average Bonchev–Trinajstić information content (AvgIpc) is 2.59. The van der Waals surface area contributed by atoms with Crippen molar-refractivity contribution in [2.75, 3.05) is 5.88 Å². The Kier molecular flexibility index (Phi) is 9.42. The largest absolute Gasteiger partial charge is 0.457 e. The molecule has 0 radical (unpaired) electrons. The van der Waals surface area contributed by atoms with Gasteiger partial charge in [-0.25, -0.2) is 0 Å².